The monoisotopic (exact) mass is 441 g/mol. The van der Waals surface area contributed by atoms with Gasteiger partial charge in [0.25, 0.3) is 0 Å². The Morgan fingerprint density at radius 3 is 2.56 bits per heavy atom. The number of nitrogens with two attached hydrogens (primary N) is 2. The molecule has 0 saturated heterocycles. The summed E-state index contributed by atoms with van der Waals surface area (Å²) in [6.07, 6.45) is 8.15. The second-order valence-electron chi connectivity index (χ2n) is 7.06. The molecule has 0 heterocycles. The summed E-state index contributed by atoms with van der Waals surface area (Å²) < 4.78 is 19.2. The number of rotatable bonds is 11. The third-order valence-corrected chi connectivity index (χ3v) is 4.81. The Labute approximate surface area is 191 Å². The van der Waals surface area contributed by atoms with Crippen LogP contribution in [0.3, 0.4) is 0 Å². The van der Waals surface area contributed by atoms with Crippen LogP contribution < -0.4 is 11.5 Å². The van der Waals surface area contributed by atoms with Crippen molar-refractivity contribution in [3.63, 3.8) is 0 Å². The average Bonchev–Trinajstić information content (AvgIpc) is 2.81. The zero-order valence-corrected chi connectivity index (χ0v) is 19.3. The Morgan fingerprint density at radius 1 is 1.19 bits per heavy atom. The summed E-state index contributed by atoms with van der Waals surface area (Å²) in [7, 11) is 0. The maximum absolute atomic E-state index is 13.6. The summed E-state index contributed by atoms with van der Waals surface area (Å²) in [5, 5.41) is 16.6. The Balaban J connectivity index is 0.00000249. The summed E-state index contributed by atoms with van der Waals surface area (Å²) >= 11 is 0. The topological polar surface area (TPSA) is 105 Å². The normalized spacial score (nSPS) is 11.3. The van der Waals surface area contributed by atoms with Gasteiger partial charge < -0.3 is 26.7 Å². The highest BCUT2D eigenvalue weighted by Gasteiger charge is 2.11. The van der Waals surface area contributed by atoms with E-state index < -0.39 is 0 Å². The average molecular weight is 442 g/mol. The van der Waals surface area contributed by atoms with Gasteiger partial charge in [-0.15, -0.1) is 0 Å². The number of aliphatic hydroxyl groups is 1. The van der Waals surface area contributed by atoms with Gasteiger partial charge in [0.15, 0.2) is 0 Å². The number of hydrogen-bond donors (Lipinski definition) is 4. The van der Waals surface area contributed by atoms with Crippen molar-refractivity contribution in [1.82, 2.24) is 0 Å². The van der Waals surface area contributed by atoms with E-state index in [1.165, 1.54) is 18.5 Å². The smallest absolute Gasteiger partial charge is 0.126 e. The minimum Gasteiger partial charge on any atom is -0.405 e. The lowest BCUT2D eigenvalue weighted by Gasteiger charge is -2.15. The number of nitrogens with one attached hydrogen (secondary N) is 1. The first-order valence-electron chi connectivity index (χ1n) is 10.9. The molecule has 0 amide bonds. The zero-order valence-electron chi connectivity index (χ0n) is 19.3. The Kier molecular flexibility index (Phi) is 12.6. The van der Waals surface area contributed by atoms with Crippen molar-refractivity contribution in [1.29, 1.82) is 5.41 Å². The largest absolute Gasteiger partial charge is 0.405 e. The van der Waals surface area contributed by atoms with Gasteiger partial charge >= 0.3 is 0 Å². The lowest BCUT2D eigenvalue weighted by atomic mass is 9.92. The fraction of sp³-hybridized carbons (Fsp3) is 0.346. The summed E-state index contributed by atoms with van der Waals surface area (Å²) in [6.45, 7) is 6.81. The molecule has 0 aromatic heterocycles. The van der Waals surface area contributed by atoms with Crippen LogP contribution in [-0.2, 0) is 17.6 Å². The lowest BCUT2D eigenvalue weighted by Crippen LogP contribution is -2.07. The van der Waals surface area contributed by atoms with Crippen LogP contribution in [0.2, 0.25) is 0 Å². The summed E-state index contributed by atoms with van der Waals surface area (Å²) in [5.41, 5.74) is 17.4. The van der Waals surface area contributed by atoms with E-state index in [0.29, 0.717) is 49.3 Å². The van der Waals surface area contributed by atoms with Gasteiger partial charge in [0, 0.05) is 30.7 Å². The van der Waals surface area contributed by atoms with Crippen LogP contribution >= 0.6 is 0 Å². The predicted molar refractivity (Wildman–Crippen MR) is 132 cm³/mol. The van der Waals surface area contributed by atoms with E-state index in [-0.39, 0.29) is 12.4 Å². The van der Waals surface area contributed by atoms with Gasteiger partial charge in [0.1, 0.15) is 5.82 Å². The molecule has 2 aromatic carbocycles. The molecule has 0 unspecified atom stereocenters. The van der Waals surface area contributed by atoms with Gasteiger partial charge in [0.2, 0.25) is 0 Å². The lowest BCUT2D eigenvalue weighted by molar-refractivity contribution is 0.118. The maximum Gasteiger partial charge on any atom is 0.126 e. The fourth-order valence-corrected chi connectivity index (χ4v) is 3.17. The van der Waals surface area contributed by atoms with Crippen LogP contribution in [0, 0.1) is 18.2 Å². The van der Waals surface area contributed by atoms with E-state index >= 15 is 0 Å². The van der Waals surface area contributed by atoms with E-state index in [1.807, 2.05) is 38.1 Å². The van der Waals surface area contributed by atoms with E-state index in [1.54, 1.807) is 19.1 Å². The molecule has 0 bridgehead atoms. The molecule has 32 heavy (non-hydrogen) atoms. The van der Waals surface area contributed by atoms with Crippen molar-refractivity contribution in [2.24, 2.45) is 5.73 Å². The molecular formula is C26H36FN3O2. The molecule has 6 heteroatoms. The molecular weight excluding hydrogens is 405 g/mol. The maximum atomic E-state index is 13.6. The van der Waals surface area contributed by atoms with Crippen LogP contribution in [0.1, 0.15) is 48.1 Å². The van der Waals surface area contributed by atoms with Crippen molar-refractivity contribution in [2.45, 2.75) is 40.0 Å². The van der Waals surface area contributed by atoms with Gasteiger partial charge in [-0.2, -0.15) is 0 Å². The van der Waals surface area contributed by atoms with Crippen LogP contribution in [0.25, 0.3) is 5.57 Å². The molecule has 0 saturated carbocycles. The van der Waals surface area contributed by atoms with Gasteiger partial charge in [-0.25, -0.2) is 4.39 Å². The minimum atomic E-state index is -0.229. The molecule has 0 radical (unpaired) electrons. The quantitative estimate of drug-likeness (QED) is 0.174. The number of allylic oxidation sites excluding steroid dienone is 3. The minimum absolute atomic E-state index is 0.0985. The second kappa shape index (κ2) is 14.9. The number of aliphatic hydroxyl groups excluding tert-OH is 1. The molecule has 2 rings (SSSR count). The molecule has 0 atom stereocenters. The molecule has 6 N–H and O–H groups in total. The number of aryl methyl sites for hydroxylation is 1. The Hall–Kier alpha value is -2.96. The van der Waals surface area contributed by atoms with Crippen LogP contribution in [0.5, 0.6) is 0 Å². The molecule has 0 aliphatic carbocycles. The second-order valence-corrected chi connectivity index (χ2v) is 7.06. The first-order valence-corrected chi connectivity index (χ1v) is 10.9. The van der Waals surface area contributed by atoms with E-state index in [0.717, 1.165) is 22.3 Å². The van der Waals surface area contributed by atoms with Crippen LogP contribution in [0.4, 0.5) is 10.1 Å². The number of benzene rings is 2. The highest BCUT2D eigenvalue weighted by atomic mass is 19.1. The van der Waals surface area contributed by atoms with Crippen molar-refractivity contribution >= 4 is 17.5 Å². The molecule has 5 nitrogen and oxygen atoms in total. The standard InChI is InChI=1S/C24H30FN3O2.C2H6/c1-17-12-18(5-6-23(17)25)13-19(4-2-8-26)21-14-20(7-11-30-10-3-9-29)24(28)22(15-21)16-27;1-2/h2,4-6,8,12,14-16,27,29H,3,7,9-11,13,26,28H2,1H3;1-2H3/b8-2-,19-4+,27-16?;. The van der Waals surface area contributed by atoms with Crippen molar-refractivity contribution < 1.29 is 14.2 Å². The van der Waals surface area contributed by atoms with Crippen molar-refractivity contribution in [3.8, 4) is 0 Å². The number of nitrogen functional groups attached to an aromatic ring is 1. The summed E-state index contributed by atoms with van der Waals surface area (Å²) in [6, 6.07) is 8.96. The zero-order chi connectivity index (χ0) is 23.9. The van der Waals surface area contributed by atoms with Gasteiger partial charge in [-0.1, -0.05) is 32.1 Å². The van der Waals surface area contributed by atoms with Crippen LogP contribution in [-0.4, -0.2) is 31.1 Å². The van der Waals surface area contributed by atoms with Gasteiger partial charge in [0.05, 0.1) is 6.61 Å². The first-order chi connectivity index (χ1) is 15.5. The molecule has 0 aliphatic rings. The highest BCUT2D eigenvalue weighted by Crippen LogP contribution is 2.27. The van der Waals surface area contributed by atoms with Gasteiger partial charge in [-0.05, 0) is 84.5 Å². The molecule has 0 aliphatic heterocycles. The number of anilines is 1. The molecule has 0 spiro atoms. The highest BCUT2D eigenvalue weighted by molar-refractivity contribution is 5.88. The van der Waals surface area contributed by atoms with Crippen LogP contribution in [0.15, 0.2) is 48.7 Å². The third-order valence-electron chi connectivity index (χ3n) is 4.81. The summed E-state index contributed by atoms with van der Waals surface area (Å²) in [5.74, 6) is -0.229. The molecule has 2 aromatic rings. The number of halogens is 1. The fourth-order valence-electron chi connectivity index (χ4n) is 3.17. The first kappa shape index (κ1) is 27.1. The Bertz CT molecular complexity index is 924. The Morgan fingerprint density at radius 2 is 1.94 bits per heavy atom. The number of ether oxygens (including phenoxy) is 1. The molecule has 0 fully saturated rings. The van der Waals surface area contributed by atoms with Gasteiger partial charge in [-0.3, -0.25) is 0 Å². The SMILES string of the molecule is CC.Cc1cc(C/C(=C\C=C/N)c2cc(C=N)c(N)c(CCOCCCO)c2)ccc1F. The van der Waals surface area contributed by atoms with Crippen molar-refractivity contribution in [3.05, 3.63) is 82.3 Å². The predicted octanol–water partition coefficient (Wildman–Crippen LogP) is 4.78. The van der Waals surface area contributed by atoms with E-state index in [9.17, 15) is 4.39 Å². The van der Waals surface area contributed by atoms with Crippen molar-refractivity contribution in [2.75, 3.05) is 25.6 Å². The van der Waals surface area contributed by atoms with E-state index in [4.69, 9.17) is 26.7 Å². The van der Waals surface area contributed by atoms with E-state index in [2.05, 4.69) is 0 Å². The third kappa shape index (κ3) is 8.29. The number of hydrogen-bond acceptors (Lipinski definition) is 5. The summed E-state index contributed by atoms with van der Waals surface area (Å²) in [4.78, 5) is 0. The molecule has 174 valence electrons.